The molecular formula is C15H18F2N2O2. The minimum Gasteiger partial charge on any atom is -0.344 e. The van der Waals surface area contributed by atoms with Crippen molar-refractivity contribution in [3.63, 3.8) is 0 Å². The molecule has 0 spiro atoms. The fraction of sp³-hybridized carbons (Fsp3) is 0.467. The van der Waals surface area contributed by atoms with Gasteiger partial charge >= 0.3 is 0 Å². The first-order valence-electron chi connectivity index (χ1n) is 6.95. The highest BCUT2D eigenvalue weighted by atomic mass is 19.2. The lowest BCUT2D eigenvalue weighted by molar-refractivity contribution is -0.125. The fourth-order valence-corrected chi connectivity index (χ4v) is 2.41. The van der Waals surface area contributed by atoms with Crippen LogP contribution in [0.25, 0.3) is 0 Å². The summed E-state index contributed by atoms with van der Waals surface area (Å²) in [7, 11) is 0. The van der Waals surface area contributed by atoms with Crippen LogP contribution in [-0.2, 0) is 9.59 Å². The Morgan fingerprint density at radius 3 is 2.71 bits per heavy atom. The van der Waals surface area contributed by atoms with Crippen LogP contribution in [0.1, 0.15) is 26.7 Å². The van der Waals surface area contributed by atoms with Crippen LogP contribution in [0.15, 0.2) is 18.2 Å². The topological polar surface area (TPSA) is 49.4 Å². The van der Waals surface area contributed by atoms with Gasteiger partial charge in [-0.15, -0.1) is 0 Å². The third kappa shape index (κ3) is 3.37. The number of rotatable bonds is 3. The van der Waals surface area contributed by atoms with E-state index in [1.54, 1.807) is 0 Å². The number of amides is 2. The van der Waals surface area contributed by atoms with E-state index in [0.29, 0.717) is 6.42 Å². The third-order valence-corrected chi connectivity index (χ3v) is 3.39. The summed E-state index contributed by atoms with van der Waals surface area (Å²) >= 11 is 0. The van der Waals surface area contributed by atoms with Crippen molar-refractivity contribution in [3.05, 3.63) is 29.8 Å². The summed E-state index contributed by atoms with van der Waals surface area (Å²) in [5.74, 6) is -2.54. The van der Waals surface area contributed by atoms with E-state index in [0.717, 1.165) is 11.0 Å². The zero-order valence-corrected chi connectivity index (χ0v) is 12.0. The van der Waals surface area contributed by atoms with Gasteiger partial charge < -0.3 is 10.2 Å². The maximum atomic E-state index is 13.9. The number of hydrogen-bond donors (Lipinski definition) is 1. The molecule has 0 saturated carbocycles. The summed E-state index contributed by atoms with van der Waals surface area (Å²) < 4.78 is 27.3. The number of carbonyl (C=O) groups excluding carboxylic acids is 2. The van der Waals surface area contributed by atoms with Crippen molar-refractivity contribution in [3.8, 4) is 0 Å². The molecule has 1 unspecified atom stereocenters. The summed E-state index contributed by atoms with van der Waals surface area (Å²) in [6.45, 7) is 3.90. The molecule has 1 aromatic carbocycles. The van der Waals surface area contributed by atoms with Crippen LogP contribution in [0.2, 0.25) is 0 Å². The quantitative estimate of drug-likeness (QED) is 0.930. The minimum atomic E-state index is -1.07. The van der Waals surface area contributed by atoms with E-state index >= 15 is 0 Å². The number of nitrogens with zero attached hydrogens (tertiary/aromatic N) is 1. The Hall–Kier alpha value is -1.98. The van der Waals surface area contributed by atoms with Gasteiger partial charge in [0.2, 0.25) is 11.8 Å². The second kappa shape index (κ2) is 6.20. The van der Waals surface area contributed by atoms with Gasteiger partial charge in [-0.25, -0.2) is 8.78 Å². The van der Waals surface area contributed by atoms with E-state index < -0.39 is 23.6 Å². The van der Waals surface area contributed by atoms with Crippen molar-refractivity contribution in [2.45, 2.75) is 32.7 Å². The van der Waals surface area contributed by atoms with Gasteiger partial charge in [0.1, 0.15) is 6.04 Å². The number of nitrogens with one attached hydrogen (secondary N) is 1. The molecule has 0 radical (unpaired) electrons. The molecule has 4 nitrogen and oxygen atoms in total. The molecule has 21 heavy (non-hydrogen) atoms. The number of carbonyl (C=O) groups is 2. The Labute approximate surface area is 122 Å². The second-order valence-corrected chi connectivity index (χ2v) is 5.56. The van der Waals surface area contributed by atoms with Crippen LogP contribution >= 0.6 is 0 Å². The Kier molecular flexibility index (Phi) is 4.55. The van der Waals surface area contributed by atoms with Gasteiger partial charge in [-0.2, -0.15) is 0 Å². The van der Waals surface area contributed by atoms with Crippen LogP contribution in [0.4, 0.5) is 14.5 Å². The van der Waals surface area contributed by atoms with Crippen LogP contribution in [0, 0.1) is 17.6 Å². The van der Waals surface area contributed by atoms with E-state index in [4.69, 9.17) is 0 Å². The van der Waals surface area contributed by atoms with Gasteiger partial charge in [0.05, 0.1) is 5.69 Å². The monoisotopic (exact) mass is 296 g/mol. The SMILES string of the molecule is CC(C)CC1NC(=O)CCN(c2cccc(F)c2F)C1=O. The summed E-state index contributed by atoms with van der Waals surface area (Å²) in [6.07, 6.45) is 0.522. The van der Waals surface area contributed by atoms with Gasteiger partial charge in [0, 0.05) is 13.0 Å². The van der Waals surface area contributed by atoms with Crippen LogP contribution in [0.5, 0.6) is 0 Å². The molecule has 1 saturated heterocycles. The highest BCUT2D eigenvalue weighted by Crippen LogP contribution is 2.24. The van der Waals surface area contributed by atoms with E-state index in [1.165, 1.54) is 12.1 Å². The maximum Gasteiger partial charge on any atom is 0.249 e. The van der Waals surface area contributed by atoms with Crippen molar-refractivity contribution in [1.82, 2.24) is 5.32 Å². The van der Waals surface area contributed by atoms with Gasteiger partial charge in [0.15, 0.2) is 11.6 Å². The second-order valence-electron chi connectivity index (χ2n) is 5.56. The molecule has 2 rings (SSSR count). The normalized spacial score (nSPS) is 19.7. The molecule has 1 aliphatic rings. The highest BCUT2D eigenvalue weighted by molar-refractivity contribution is 6.01. The summed E-state index contributed by atoms with van der Waals surface area (Å²) in [5.41, 5.74) is -0.120. The molecule has 0 bridgehead atoms. The van der Waals surface area contributed by atoms with Gasteiger partial charge in [-0.3, -0.25) is 9.59 Å². The lowest BCUT2D eigenvalue weighted by atomic mass is 10.0. The third-order valence-electron chi connectivity index (χ3n) is 3.39. The van der Waals surface area contributed by atoms with Gasteiger partial charge in [-0.05, 0) is 24.5 Å². The van der Waals surface area contributed by atoms with Crippen LogP contribution in [0.3, 0.4) is 0 Å². The van der Waals surface area contributed by atoms with E-state index in [9.17, 15) is 18.4 Å². The molecule has 1 heterocycles. The Morgan fingerprint density at radius 1 is 1.33 bits per heavy atom. The molecule has 1 N–H and O–H groups in total. The maximum absolute atomic E-state index is 13.9. The molecular weight excluding hydrogens is 278 g/mol. The molecule has 1 aliphatic heterocycles. The lowest BCUT2D eigenvalue weighted by Crippen LogP contribution is -2.45. The Morgan fingerprint density at radius 2 is 2.05 bits per heavy atom. The van der Waals surface area contributed by atoms with Crippen LogP contribution < -0.4 is 10.2 Å². The van der Waals surface area contributed by atoms with E-state index in [2.05, 4.69) is 5.32 Å². The highest BCUT2D eigenvalue weighted by Gasteiger charge is 2.32. The average molecular weight is 296 g/mol. The van der Waals surface area contributed by atoms with Crippen molar-refractivity contribution in [2.75, 3.05) is 11.4 Å². The molecule has 0 aliphatic carbocycles. The summed E-state index contributed by atoms with van der Waals surface area (Å²) in [5, 5.41) is 2.65. The Bertz CT molecular complexity index is 561. The minimum absolute atomic E-state index is 0.0413. The Balaban J connectivity index is 2.35. The fourth-order valence-electron chi connectivity index (χ4n) is 2.41. The number of anilines is 1. The van der Waals surface area contributed by atoms with Crippen molar-refractivity contribution >= 4 is 17.5 Å². The molecule has 1 fully saturated rings. The van der Waals surface area contributed by atoms with Gasteiger partial charge in [-0.1, -0.05) is 19.9 Å². The molecule has 2 amide bonds. The van der Waals surface area contributed by atoms with E-state index in [1.807, 2.05) is 13.8 Å². The molecule has 114 valence electrons. The van der Waals surface area contributed by atoms with Crippen LogP contribution in [-0.4, -0.2) is 24.4 Å². The first-order chi connectivity index (χ1) is 9.90. The molecule has 1 atom stereocenters. The number of benzene rings is 1. The summed E-state index contributed by atoms with van der Waals surface area (Å²) in [4.78, 5) is 25.4. The largest absolute Gasteiger partial charge is 0.344 e. The van der Waals surface area contributed by atoms with Crippen molar-refractivity contribution in [2.24, 2.45) is 5.92 Å². The molecule has 1 aromatic rings. The average Bonchev–Trinajstić information content (AvgIpc) is 2.53. The first kappa shape index (κ1) is 15.4. The number of hydrogen-bond acceptors (Lipinski definition) is 2. The first-order valence-corrected chi connectivity index (χ1v) is 6.95. The molecule has 0 aromatic heterocycles. The zero-order valence-electron chi connectivity index (χ0n) is 12.0. The van der Waals surface area contributed by atoms with E-state index in [-0.39, 0.29) is 30.5 Å². The van der Waals surface area contributed by atoms with Crippen molar-refractivity contribution in [1.29, 1.82) is 0 Å². The smallest absolute Gasteiger partial charge is 0.249 e. The summed E-state index contributed by atoms with van der Waals surface area (Å²) in [6, 6.07) is 2.98. The predicted molar refractivity (Wildman–Crippen MR) is 74.7 cm³/mol. The zero-order chi connectivity index (χ0) is 15.6. The predicted octanol–water partition coefficient (Wildman–Crippen LogP) is 2.23. The molecule has 6 heteroatoms. The number of halogens is 2. The standard InChI is InChI=1S/C15H18F2N2O2/c1-9(2)8-11-15(21)19(7-6-13(20)18-11)12-5-3-4-10(16)14(12)17/h3-5,9,11H,6-8H2,1-2H3,(H,18,20). The van der Waals surface area contributed by atoms with Gasteiger partial charge in [0.25, 0.3) is 0 Å². The lowest BCUT2D eigenvalue weighted by Gasteiger charge is -2.25. The van der Waals surface area contributed by atoms with Crippen molar-refractivity contribution < 1.29 is 18.4 Å².